The van der Waals surface area contributed by atoms with Crippen LogP contribution >= 0.6 is 39.1 Å². The Balaban J connectivity index is -0.0000000290. The molecular formula is H17CaO20P5. The van der Waals surface area contributed by atoms with Crippen molar-refractivity contribution in [2.45, 2.75) is 0 Å². The summed E-state index contributed by atoms with van der Waals surface area (Å²) >= 11 is 0. The number of hydrogen-bond acceptors (Lipinski definition) is 5. The summed E-state index contributed by atoms with van der Waals surface area (Å²) in [4.78, 5) is 108. The molecule has 0 saturated heterocycles. The van der Waals surface area contributed by atoms with Gasteiger partial charge in [-0.25, -0.2) is 22.8 Å². The quantitative estimate of drug-likeness (QED) is 0.103. The molecule has 0 rings (SSSR count). The Kier molecular flexibility index (Phi) is 28.5. The van der Waals surface area contributed by atoms with Crippen molar-refractivity contribution in [3.8, 4) is 0 Å². The van der Waals surface area contributed by atoms with Crippen LogP contribution in [0.25, 0.3) is 0 Å². The average Bonchev–Trinajstić information content (AvgIpc) is 1.79. The van der Waals surface area contributed by atoms with Crippen molar-refractivity contribution in [1.29, 1.82) is 0 Å². The zero-order valence-electron chi connectivity index (χ0n) is 13.7. The molecule has 0 aromatic heterocycles. The summed E-state index contributed by atoms with van der Waals surface area (Å²) in [5.74, 6) is 0. The van der Waals surface area contributed by atoms with E-state index in [1.807, 2.05) is 0 Å². The first-order valence-corrected chi connectivity index (χ1v) is 11.7. The Morgan fingerprint density at radius 3 is 0.308 bits per heavy atom. The van der Waals surface area contributed by atoms with Gasteiger partial charge in [0.15, 0.2) is 0 Å². The smallest absolute Gasteiger partial charge is 1.00 e. The van der Waals surface area contributed by atoms with Gasteiger partial charge in [-0.3, -0.25) is 0 Å². The van der Waals surface area contributed by atoms with Crippen LogP contribution in [-0.2, 0) is 22.8 Å². The first kappa shape index (κ1) is 42.0. The first-order valence-electron chi connectivity index (χ1n) is 3.91. The monoisotopic (exact) mass is 532 g/mol. The fourth-order valence-corrected chi connectivity index (χ4v) is 0. The third-order valence-electron chi connectivity index (χ3n) is 0. The van der Waals surface area contributed by atoms with E-state index in [0.29, 0.717) is 0 Å². The van der Waals surface area contributed by atoms with Gasteiger partial charge in [0.2, 0.25) is 0 Å². The Labute approximate surface area is 175 Å². The van der Waals surface area contributed by atoms with Gasteiger partial charge in [-0.1, -0.05) is 0 Å². The predicted molar refractivity (Wildman–Crippen MR) is 79.3 cm³/mol. The molecule has 0 radical (unpaired) electrons. The van der Waals surface area contributed by atoms with Crippen molar-refractivity contribution in [3.05, 3.63) is 0 Å². The third-order valence-corrected chi connectivity index (χ3v) is 0. The minimum absolute atomic E-state index is 0. The Morgan fingerprint density at radius 2 is 0.308 bits per heavy atom. The van der Waals surface area contributed by atoms with Gasteiger partial charge in [-0.15, -0.1) is 0 Å². The minimum atomic E-state index is -4.64. The SMILES string of the molecule is O=P(O)(O)O.O=P(O)(O)O.O=P(O)(O)O.O=P(O)(O)O.O=P(O)(O)O.[Ca+2].[H-].[H-]. The molecule has 20 nitrogen and oxygen atoms in total. The zero-order valence-corrected chi connectivity index (χ0v) is 18.4. The van der Waals surface area contributed by atoms with Crippen molar-refractivity contribution in [2.24, 2.45) is 0 Å². The Morgan fingerprint density at radius 1 is 0.308 bits per heavy atom. The molecule has 0 aliphatic heterocycles. The predicted octanol–water partition coefficient (Wildman–Crippen LogP) is -4.80. The van der Waals surface area contributed by atoms with Gasteiger partial charge < -0.3 is 76.3 Å². The van der Waals surface area contributed by atoms with E-state index in [-0.39, 0.29) is 40.6 Å². The van der Waals surface area contributed by atoms with Crippen LogP contribution in [0, 0.1) is 0 Å². The number of phosphoric acid groups is 5. The van der Waals surface area contributed by atoms with Crippen LogP contribution in [0.1, 0.15) is 2.85 Å². The summed E-state index contributed by atoms with van der Waals surface area (Å²) in [6.07, 6.45) is 0. The molecule has 15 N–H and O–H groups in total. The summed E-state index contributed by atoms with van der Waals surface area (Å²) in [6.45, 7) is 0. The second-order valence-electron chi connectivity index (χ2n) is 2.57. The fourth-order valence-electron chi connectivity index (χ4n) is 0. The molecular weight excluding hydrogens is 515 g/mol. The second kappa shape index (κ2) is 17.6. The van der Waals surface area contributed by atoms with Crippen LogP contribution in [0.4, 0.5) is 0 Å². The molecule has 26 heavy (non-hydrogen) atoms. The molecule has 0 aromatic carbocycles. The molecule has 0 aromatic rings. The van der Waals surface area contributed by atoms with Crippen LogP contribution in [0.3, 0.4) is 0 Å². The maximum Gasteiger partial charge on any atom is 2.00 e. The van der Waals surface area contributed by atoms with E-state index in [1.165, 1.54) is 0 Å². The molecule has 0 aliphatic carbocycles. The molecule has 0 heterocycles. The molecule has 0 bridgehead atoms. The fraction of sp³-hybridized carbons (Fsp3) is 0. The van der Waals surface area contributed by atoms with Crippen LogP contribution in [0.2, 0.25) is 0 Å². The van der Waals surface area contributed by atoms with Crippen LogP contribution in [0.5, 0.6) is 0 Å². The van der Waals surface area contributed by atoms with Gasteiger partial charge in [0.25, 0.3) is 0 Å². The van der Waals surface area contributed by atoms with Crippen LogP contribution < -0.4 is 0 Å². The molecule has 0 spiro atoms. The molecule has 0 aliphatic rings. The topological polar surface area (TPSA) is 389 Å². The maximum absolute atomic E-state index is 8.88. The molecule has 0 amide bonds. The molecule has 0 unspecified atom stereocenters. The van der Waals surface area contributed by atoms with E-state index < -0.39 is 39.1 Å². The Bertz CT molecular complexity index is 382. The normalized spacial score (nSPS) is 11.3. The van der Waals surface area contributed by atoms with E-state index >= 15 is 0 Å². The van der Waals surface area contributed by atoms with E-state index in [4.69, 9.17) is 96.2 Å². The summed E-state index contributed by atoms with van der Waals surface area (Å²) in [6, 6.07) is 0. The van der Waals surface area contributed by atoms with E-state index in [2.05, 4.69) is 0 Å². The minimum Gasteiger partial charge on any atom is -1.00 e. The summed E-state index contributed by atoms with van der Waals surface area (Å²) in [7, 11) is -23.2. The summed E-state index contributed by atoms with van der Waals surface area (Å²) in [5, 5.41) is 0. The zero-order chi connectivity index (χ0) is 22.5. The van der Waals surface area contributed by atoms with Crippen molar-refractivity contribution < 1.29 is 99.1 Å². The largest absolute Gasteiger partial charge is 2.00 e. The van der Waals surface area contributed by atoms with Crippen molar-refractivity contribution in [2.75, 3.05) is 0 Å². The average molecular weight is 532 g/mol. The van der Waals surface area contributed by atoms with E-state index in [0.717, 1.165) is 0 Å². The van der Waals surface area contributed by atoms with Crippen molar-refractivity contribution in [3.63, 3.8) is 0 Å². The molecule has 0 saturated carbocycles. The summed E-state index contributed by atoms with van der Waals surface area (Å²) in [5.41, 5.74) is 0. The summed E-state index contributed by atoms with van der Waals surface area (Å²) < 4.78 is 44.4. The molecule has 164 valence electrons. The van der Waals surface area contributed by atoms with E-state index in [9.17, 15) is 0 Å². The first-order chi connectivity index (χ1) is 10.0. The van der Waals surface area contributed by atoms with Crippen molar-refractivity contribution in [1.82, 2.24) is 0 Å². The van der Waals surface area contributed by atoms with Gasteiger partial charge in [0.05, 0.1) is 0 Å². The standard InChI is InChI=1S/Ca.5H3O4P.2H/c;5*1-5(2,3)4;;/h;5*(H3,1,2,3,4);;/q+2;;;;;;2*-1. The number of hydrogen-bond donors (Lipinski definition) is 15. The molecule has 0 fully saturated rings. The number of rotatable bonds is 0. The van der Waals surface area contributed by atoms with Crippen LogP contribution in [0.15, 0.2) is 0 Å². The maximum atomic E-state index is 8.88. The second-order valence-corrected chi connectivity index (χ2v) is 7.70. The van der Waals surface area contributed by atoms with Crippen molar-refractivity contribution >= 4 is 76.9 Å². The molecule has 26 heteroatoms. The third kappa shape index (κ3) is 4850. The van der Waals surface area contributed by atoms with Gasteiger partial charge in [0.1, 0.15) is 0 Å². The van der Waals surface area contributed by atoms with E-state index in [1.54, 1.807) is 0 Å². The van der Waals surface area contributed by atoms with Crippen LogP contribution in [-0.4, -0.2) is 111 Å². The van der Waals surface area contributed by atoms with Gasteiger partial charge in [-0.2, -0.15) is 0 Å². The Hall–Kier alpha value is 1.81. The van der Waals surface area contributed by atoms with Gasteiger partial charge in [-0.05, 0) is 0 Å². The molecule has 0 atom stereocenters. The van der Waals surface area contributed by atoms with Gasteiger partial charge >= 0.3 is 76.9 Å². The van der Waals surface area contributed by atoms with Gasteiger partial charge in [0, 0.05) is 0 Å².